The molecule has 19 heavy (non-hydrogen) atoms. The van der Waals surface area contributed by atoms with Crippen molar-refractivity contribution in [2.24, 2.45) is 0 Å². The molecule has 1 saturated heterocycles. The lowest BCUT2D eigenvalue weighted by Crippen LogP contribution is -2.40. The SMILES string of the molecule is CCC1CCCCN1c1c(F)cc(CNC)cc1F. The molecule has 1 aliphatic rings. The molecule has 1 aromatic rings. The van der Waals surface area contributed by atoms with Crippen LogP contribution in [-0.4, -0.2) is 19.6 Å². The van der Waals surface area contributed by atoms with Crippen LogP contribution in [0, 0.1) is 11.6 Å². The van der Waals surface area contributed by atoms with Gasteiger partial charge in [-0.1, -0.05) is 6.92 Å². The average Bonchev–Trinajstić information content (AvgIpc) is 2.39. The Hall–Kier alpha value is -1.16. The van der Waals surface area contributed by atoms with E-state index in [0.29, 0.717) is 12.1 Å². The lowest BCUT2D eigenvalue weighted by atomic mass is 9.98. The summed E-state index contributed by atoms with van der Waals surface area (Å²) in [6.07, 6.45) is 4.11. The van der Waals surface area contributed by atoms with Crippen molar-refractivity contribution in [3.05, 3.63) is 29.3 Å². The number of anilines is 1. The fraction of sp³-hybridized carbons (Fsp3) is 0.600. The maximum atomic E-state index is 14.2. The molecular weight excluding hydrogens is 246 g/mol. The van der Waals surface area contributed by atoms with Crippen molar-refractivity contribution in [3.8, 4) is 0 Å². The number of benzene rings is 1. The highest BCUT2D eigenvalue weighted by atomic mass is 19.1. The molecule has 2 nitrogen and oxygen atoms in total. The molecule has 0 aliphatic carbocycles. The second-order valence-corrected chi connectivity index (χ2v) is 5.19. The first-order valence-corrected chi connectivity index (χ1v) is 7.06. The molecule has 1 N–H and O–H groups in total. The third-order valence-corrected chi connectivity index (χ3v) is 3.84. The number of halogens is 2. The van der Waals surface area contributed by atoms with Gasteiger partial charge in [-0.25, -0.2) is 8.78 Å². The van der Waals surface area contributed by atoms with Gasteiger partial charge in [0.25, 0.3) is 0 Å². The van der Waals surface area contributed by atoms with Gasteiger partial charge in [0.15, 0.2) is 0 Å². The van der Waals surface area contributed by atoms with E-state index in [-0.39, 0.29) is 11.7 Å². The zero-order valence-electron chi connectivity index (χ0n) is 11.7. The van der Waals surface area contributed by atoms with Crippen LogP contribution in [0.2, 0.25) is 0 Å². The summed E-state index contributed by atoms with van der Waals surface area (Å²) in [7, 11) is 1.77. The minimum absolute atomic E-state index is 0.159. The molecule has 0 aromatic heterocycles. The smallest absolute Gasteiger partial charge is 0.149 e. The van der Waals surface area contributed by atoms with Crippen molar-refractivity contribution in [2.75, 3.05) is 18.5 Å². The monoisotopic (exact) mass is 268 g/mol. The molecule has 1 unspecified atom stereocenters. The molecule has 1 fully saturated rings. The summed E-state index contributed by atoms with van der Waals surface area (Å²) in [6, 6.07) is 3.14. The van der Waals surface area contributed by atoms with Crippen LogP contribution in [0.15, 0.2) is 12.1 Å². The van der Waals surface area contributed by atoms with Crippen LogP contribution in [0.4, 0.5) is 14.5 Å². The van der Waals surface area contributed by atoms with Crippen LogP contribution in [0.1, 0.15) is 38.2 Å². The largest absolute Gasteiger partial charge is 0.364 e. The first-order valence-electron chi connectivity index (χ1n) is 7.06. The standard InChI is InChI=1S/C15H22F2N2/c1-3-12-6-4-5-7-19(12)15-13(16)8-11(10-18-2)9-14(15)17/h8-9,12,18H,3-7,10H2,1-2H3. The first-order chi connectivity index (χ1) is 9.17. The molecule has 0 amide bonds. The van der Waals surface area contributed by atoms with E-state index in [1.54, 1.807) is 7.05 Å². The summed E-state index contributed by atoms with van der Waals surface area (Å²) in [6.45, 7) is 3.30. The second-order valence-electron chi connectivity index (χ2n) is 5.19. The van der Waals surface area contributed by atoms with Gasteiger partial charge in [0.2, 0.25) is 0 Å². The molecule has 0 spiro atoms. The van der Waals surface area contributed by atoms with Crippen LogP contribution >= 0.6 is 0 Å². The topological polar surface area (TPSA) is 15.3 Å². The van der Waals surface area contributed by atoms with Gasteiger partial charge in [-0.15, -0.1) is 0 Å². The van der Waals surface area contributed by atoms with Crippen molar-refractivity contribution in [3.63, 3.8) is 0 Å². The van der Waals surface area contributed by atoms with E-state index in [0.717, 1.165) is 32.2 Å². The van der Waals surface area contributed by atoms with Crippen LogP contribution < -0.4 is 10.2 Å². The second kappa shape index (κ2) is 6.33. The Bertz CT molecular complexity index is 411. The van der Waals surface area contributed by atoms with E-state index in [1.165, 1.54) is 12.1 Å². The predicted octanol–water partition coefficient (Wildman–Crippen LogP) is 3.45. The molecule has 1 heterocycles. The summed E-state index contributed by atoms with van der Waals surface area (Å²) >= 11 is 0. The molecule has 0 bridgehead atoms. The van der Waals surface area contributed by atoms with E-state index in [1.807, 2.05) is 4.90 Å². The highest BCUT2D eigenvalue weighted by Gasteiger charge is 2.26. The van der Waals surface area contributed by atoms with Crippen molar-refractivity contribution < 1.29 is 8.78 Å². The number of rotatable bonds is 4. The maximum Gasteiger partial charge on any atom is 0.149 e. The van der Waals surface area contributed by atoms with Crippen LogP contribution in [0.5, 0.6) is 0 Å². The number of hydrogen-bond acceptors (Lipinski definition) is 2. The van der Waals surface area contributed by atoms with Crippen molar-refractivity contribution >= 4 is 5.69 Å². The Morgan fingerprint density at radius 3 is 2.53 bits per heavy atom. The minimum atomic E-state index is -0.439. The van der Waals surface area contributed by atoms with Gasteiger partial charge >= 0.3 is 0 Å². The summed E-state index contributed by atoms with van der Waals surface area (Å²) < 4.78 is 28.4. The number of nitrogens with one attached hydrogen (secondary N) is 1. The van der Waals surface area contributed by atoms with Crippen LogP contribution in [0.3, 0.4) is 0 Å². The fourth-order valence-electron chi connectivity index (χ4n) is 2.92. The van der Waals surface area contributed by atoms with Gasteiger partial charge in [-0.3, -0.25) is 0 Å². The Labute approximate surface area is 113 Å². The fourth-order valence-corrected chi connectivity index (χ4v) is 2.92. The van der Waals surface area contributed by atoms with Gasteiger partial charge in [-0.05, 0) is 50.4 Å². The summed E-state index contributed by atoms with van der Waals surface area (Å²) in [5, 5.41) is 2.91. The molecule has 106 valence electrons. The zero-order valence-corrected chi connectivity index (χ0v) is 11.7. The molecule has 1 aromatic carbocycles. The Kier molecular flexibility index (Phi) is 4.75. The average molecular weight is 268 g/mol. The highest BCUT2D eigenvalue weighted by Crippen LogP contribution is 2.31. The van der Waals surface area contributed by atoms with E-state index in [9.17, 15) is 8.78 Å². The van der Waals surface area contributed by atoms with E-state index < -0.39 is 11.6 Å². The van der Waals surface area contributed by atoms with E-state index >= 15 is 0 Å². The minimum Gasteiger partial charge on any atom is -0.364 e. The Morgan fingerprint density at radius 2 is 1.95 bits per heavy atom. The normalized spacial score (nSPS) is 19.8. The van der Waals surface area contributed by atoms with E-state index in [2.05, 4.69) is 12.2 Å². The lowest BCUT2D eigenvalue weighted by Gasteiger charge is -2.37. The summed E-state index contributed by atoms with van der Waals surface area (Å²) in [5.41, 5.74) is 0.803. The van der Waals surface area contributed by atoms with Gasteiger partial charge in [0.05, 0.1) is 0 Å². The van der Waals surface area contributed by atoms with Crippen molar-refractivity contribution in [1.82, 2.24) is 5.32 Å². The third kappa shape index (κ3) is 3.06. The lowest BCUT2D eigenvalue weighted by molar-refractivity contribution is 0.434. The predicted molar refractivity (Wildman–Crippen MR) is 74.4 cm³/mol. The third-order valence-electron chi connectivity index (χ3n) is 3.84. The molecule has 2 rings (SSSR count). The number of piperidine rings is 1. The number of nitrogens with zero attached hydrogens (tertiary/aromatic N) is 1. The van der Waals surface area contributed by atoms with Gasteiger partial charge < -0.3 is 10.2 Å². The quantitative estimate of drug-likeness (QED) is 0.899. The number of hydrogen-bond donors (Lipinski definition) is 1. The van der Waals surface area contributed by atoms with Crippen LogP contribution in [0.25, 0.3) is 0 Å². The molecular formula is C15H22F2N2. The molecule has 4 heteroatoms. The maximum absolute atomic E-state index is 14.2. The van der Waals surface area contributed by atoms with Crippen LogP contribution in [-0.2, 0) is 6.54 Å². The Morgan fingerprint density at radius 1 is 1.26 bits per heavy atom. The molecule has 0 saturated carbocycles. The van der Waals surface area contributed by atoms with Crippen molar-refractivity contribution in [2.45, 2.75) is 45.2 Å². The van der Waals surface area contributed by atoms with Gasteiger partial charge in [-0.2, -0.15) is 0 Å². The first kappa shape index (κ1) is 14.3. The summed E-state index contributed by atoms with van der Waals surface area (Å²) in [4.78, 5) is 1.91. The van der Waals surface area contributed by atoms with Gasteiger partial charge in [0.1, 0.15) is 17.3 Å². The Balaban J connectivity index is 2.32. The molecule has 1 atom stereocenters. The highest BCUT2D eigenvalue weighted by molar-refractivity contribution is 5.52. The van der Waals surface area contributed by atoms with Crippen molar-refractivity contribution in [1.29, 1.82) is 0 Å². The molecule has 0 radical (unpaired) electrons. The van der Waals surface area contributed by atoms with Gasteiger partial charge in [0, 0.05) is 19.1 Å². The van der Waals surface area contributed by atoms with E-state index in [4.69, 9.17) is 0 Å². The summed E-state index contributed by atoms with van der Waals surface area (Å²) in [5.74, 6) is -0.879. The molecule has 1 aliphatic heterocycles. The zero-order chi connectivity index (χ0) is 13.8.